The van der Waals surface area contributed by atoms with Gasteiger partial charge in [0.15, 0.2) is 0 Å². The lowest BCUT2D eigenvalue weighted by Gasteiger charge is -2.15. The minimum Gasteiger partial charge on any atom is -0.508 e. The van der Waals surface area contributed by atoms with Crippen molar-refractivity contribution < 1.29 is 9.50 Å². The second-order valence-electron chi connectivity index (χ2n) is 4.98. The molecule has 0 fully saturated rings. The number of rotatable bonds is 1. The number of aromatic hydroxyl groups is 1. The van der Waals surface area contributed by atoms with Gasteiger partial charge in [-0.2, -0.15) is 0 Å². The summed E-state index contributed by atoms with van der Waals surface area (Å²) in [6.45, 7) is 7.84. The maximum Gasteiger partial charge on any atom is 0.133 e. The standard InChI is InChI=1S/C14H19FO.C2H6/c1-9(2)13-12(16)8-10-6-4-3-5-7-11(10)14(13)15;1-2/h8-9,16H,3-7H2,1-2H3;1-2H3. The van der Waals surface area contributed by atoms with Gasteiger partial charge in [-0.25, -0.2) is 4.39 Å². The Morgan fingerprint density at radius 3 is 2.33 bits per heavy atom. The zero-order valence-corrected chi connectivity index (χ0v) is 12.0. The summed E-state index contributed by atoms with van der Waals surface area (Å²) in [5.41, 5.74) is 2.34. The normalized spacial score (nSPS) is 14.6. The monoisotopic (exact) mass is 252 g/mol. The molecular weight excluding hydrogens is 227 g/mol. The van der Waals surface area contributed by atoms with Gasteiger partial charge in [0, 0.05) is 5.56 Å². The molecule has 0 radical (unpaired) electrons. The number of fused-ring (bicyclic) bond motifs is 1. The van der Waals surface area contributed by atoms with E-state index >= 15 is 0 Å². The highest BCUT2D eigenvalue weighted by atomic mass is 19.1. The number of benzene rings is 1. The molecule has 1 N–H and O–H groups in total. The summed E-state index contributed by atoms with van der Waals surface area (Å²) in [4.78, 5) is 0. The number of hydrogen-bond donors (Lipinski definition) is 1. The molecule has 0 saturated heterocycles. The Hall–Kier alpha value is -1.05. The maximum atomic E-state index is 14.3. The van der Waals surface area contributed by atoms with E-state index in [-0.39, 0.29) is 17.5 Å². The molecule has 0 heterocycles. The van der Waals surface area contributed by atoms with Crippen LogP contribution in [0.1, 0.15) is 69.6 Å². The average Bonchev–Trinajstić information content (AvgIpc) is 2.56. The third kappa shape index (κ3) is 3.04. The predicted molar refractivity (Wildman–Crippen MR) is 74.8 cm³/mol. The smallest absolute Gasteiger partial charge is 0.133 e. The van der Waals surface area contributed by atoms with Crippen LogP contribution in [-0.2, 0) is 12.8 Å². The van der Waals surface area contributed by atoms with Crippen LogP contribution in [0.5, 0.6) is 5.75 Å². The third-order valence-electron chi connectivity index (χ3n) is 3.43. The molecule has 0 bridgehead atoms. The first-order chi connectivity index (χ1) is 8.61. The molecule has 2 rings (SSSR count). The number of phenolic OH excluding ortho intramolecular Hbond substituents is 1. The molecule has 2 heteroatoms. The molecule has 1 nitrogen and oxygen atoms in total. The molecule has 0 atom stereocenters. The van der Waals surface area contributed by atoms with Crippen molar-refractivity contribution in [1.82, 2.24) is 0 Å². The zero-order chi connectivity index (χ0) is 13.7. The Morgan fingerprint density at radius 1 is 1.11 bits per heavy atom. The van der Waals surface area contributed by atoms with E-state index < -0.39 is 0 Å². The molecule has 0 aromatic heterocycles. The van der Waals surface area contributed by atoms with Crippen LogP contribution >= 0.6 is 0 Å². The van der Waals surface area contributed by atoms with Crippen LogP contribution in [0.4, 0.5) is 4.39 Å². The van der Waals surface area contributed by atoms with Crippen LogP contribution in [0, 0.1) is 5.82 Å². The molecule has 0 saturated carbocycles. The van der Waals surface area contributed by atoms with Gasteiger partial charge in [-0.1, -0.05) is 34.1 Å². The lowest BCUT2D eigenvalue weighted by molar-refractivity contribution is 0.450. The van der Waals surface area contributed by atoms with Crippen LogP contribution in [-0.4, -0.2) is 5.11 Å². The van der Waals surface area contributed by atoms with Crippen molar-refractivity contribution in [2.45, 2.75) is 65.7 Å². The van der Waals surface area contributed by atoms with Crippen molar-refractivity contribution in [2.75, 3.05) is 0 Å². The van der Waals surface area contributed by atoms with Crippen LogP contribution < -0.4 is 0 Å². The van der Waals surface area contributed by atoms with Crippen molar-refractivity contribution in [1.29, 1.82) is 0 Å². The van der Waals surface area contributed by atoms with Gasteiger partial charge < -0.3 is 5.11 Å². The van der Waals surface area contributed by atoms with Crippen molar-refractivity contribution in [2.24, 2.45) is 0 Å². The molecule has 1 aliphatic rings. The highest BCUT2D eigenvalue weighted by molar-refractivity contribution is 5.45. The van der Waals surface area contributed by atoms with Crippen LogP contribution in [0.2, 0.25) is 0 Å². The van der Waals surface area contributed by atoms with Crippen molar-refractivity contribution >= 4 is 0 Å². The molecule has 0 aliphatic heterocycles. The molecular formula is C16H25FO. The molecule has 102 valence electrons. The molecule has 0 spiro atoms. The summed E-state index contributed by atoms with van der Waals surface area (Å²) in [5.74, 6) is 0.00797. The van der Waals surface area contributed by atoms with Crippen molar-refractivity contribution in [3.8, 4) is 5.75 Å². The molecule has 1 aliphatic carbocycles. The topological polar surface area (TPSA) is 20.2 Å². The largest absolute Gasteiger partial charge is 0.508 e. The maximum absolute atomic E-state index is 14.3. The van der Waals surface area contributed by atoms with Crippen LogP contribution in [0.25, 0.3) is 0 Å². The Kier molecular flexibility index (Phi) is 5.64. The minimum atomic E-state index is -0.160. The average molecular weight is 252 g/mol. The number of aryl methyl sites for hydroxylation is 1. The Balaban J connectivity index is 0.000000771. The molecule has 0 amide bonds. The van der Waals surface area contributed by atoms with Gasteiger partial charge in [0.25, 0.3) is 0 Å². The first-order valence-electron chi connectivity index (χ1n) is 7.14. The van der Waals surface area contributed by atoms with Gasteiger partial charge in [0.05, 0.1) is 0 Å². The van der Waals surface area contributed by atoms with Gasteiger partial charge in [0.2, 0.25) is 0 Å². The van der Waals surface area contributed by atoms with E-state index in [0.29, 0.717) is 5.56 Å². The van der Waals surface area contributed by atoms with E-state index in [0.717, 1.165) is 43.2 Å². The second kappa shape index (κ2) is 6.77. The fourth-order valence-corrected chi connectivity index (χ4v) is 2.58. The quantitative estimate of drug-likeness (QED) is 0.701. The van der Waals surface area contributed by atoms with E-state index in [9.17, 15) is 9.50 Å². The summed E-state index contributed by atoms with van der Waals surface area (Å²) in [7, 11) is 0. The van der Waals surface area contributed by atoms with Crippen LogP contribution in [0.3, 0.4) is 0 Å². The third-order valence-corrected chi connectivity index (χ3v) is 3.43. The Labute approximate surface area is 110 Å². The number of phenols is 1. The Bertz CT molecular complexity index is 397. The summed E-state index contributed by atoms with van der Waals surface area (Å²) >= 11 is 0. The van der Waals surface area contributed by atoms with Crippen LogP contribution in [0.15, 0.2) is 6.07 Å². The highest BCUT2D eigenvalue weighted by Gasteiger charge is 2.20. The number of halogens is 1. The van der Waals surface area contributed by atoms with E-state index in [1.165, 1.54) is 0 Å². The van der Waals surface area contributed by atoms with Gasteiger partial charge in [0.1, 0.15) is 11.6 Å². The van der Waals surface area contributed by atoms with E-state index in [4.69, 9.17) is 0 Å². The fraction of sp³-hybridized carbons (Fsp3) is 0.625. The van der Waals surface area contributed by atoms with Crippen molar-refractivity contribution in [3.63, 3.8) is 0 Å². The summed E-state index contributed by atoms with van der Waals surface area (Å²) in [5, 5.41) is 9.87. The first kappa shape index (κ1) is 15.0. The summed E-state index contributed by atoms with van der Waals surface area (Å²) in [6, 6.07) is 1.78. The molecule has 0 unspecified atom stereocenters. The summed E-state index contributed by atoms with van der Waals surface area (Å²) < 4.78 is 14.3. The lowest BCUT2D eigenvalue weighted by atomic mass is 9.93. The SMILES string of the molecule is CC.CC(C)c1c(O)cc2c(c1F)CCCCC2. The van der Waals surface area contributed by atoms with Gasteiger partial charge in [-0.3, -0.25) is 0 Å². The molecule has 18 heavy (non-hydrogen) atoms. The summed E-state index contributed by atoms with van der Waals surface area (Å²) in [6.07, 6.45) is 5.05. The Morgan fingerprint density at radius 2 is 1.72 bits per heavy atom. The minimum absolute atomic E-state index is 0.0357. The first-order valence-corrected chi connectivity index (χ1v) is 7.14. The highest BCUT2D eigenvalue weighted by Crippen LogP contribution is 2.35. The van der Waals surface area contributed by atoms with Crippen molar-refractivity contribution in [3.05, 3.63) is 28.6 Å². The van der Waals surface area contributed by atoms with Gasteiger partial charge in [-0.15, -0.1) is 0 Å². The van der Waals surface area contributed by atoms with E-state index in [1.54, 1.807) is 6.07 Å². The second-order valence-corrected chi connectivity index (χ2v) is 4.98. The fourth-order valence-electron chi connectivity index (χ4n) is 2.58. The zero-order valence-electron chi connectivity index (χ0n) is 12.0. The van der Waals surface area contributed by atoms with E-state index in [2.05, 4.69) is 0 Å². The van der Waals surface area contributed by atoms with Gasteiger partial charge >= 0.3 is 0 Å². The van der Waals surface area contributed by atoms with Gasteiger partial charge in [-0.05, 0) is 48.8 Å². The molecule has 1 aromatic rings. The number of hydrogen-bond acceptors (Lipinski definition) is 1. The predicted octanol–water partition coefficient (Wildman–Crippen LogP) is 4.95. The molecule has 1 aromatic carbocycles. The lowest BCUT2D eigenvalue weighted by Crippen LogP contribution is -2.03. The van der Waals surface area contributed by atoms with E-state index in [1.807, 2.05) is 27.7 Å².